The minimum atomic E-state index is -0.438. The third-order valence-electron chi connectivity index (χ3n) is 2.43. The summed E-state index contributed by atoms with van der Waals surface area (Å²) < 4.78 is 6.07. The molecule has 0 spiro atoms. The topological polar surface area (TPSA) is 38.3 Å². The van der Waals surface area contributed by atoms with Crippen LogP contribution in [-0.2, 0) is 11.2 Å². The molecule has 100 valence electrons. The van der Waals surface area contributed by atoms with Gasteiger partial charge in [-0.25, -0.2) is 4.79 Å². The third-order valence-corrected chi connectivity index (χ3v) is 4.27. The average molecular weight is 361 g/mol. The average Bonchev–Trinajstić information content (AvgIpc) is 2.31. The predicted octanol–water partition coefficient (Wildman–Crippen LogP) is 4.40. The van der Waals surface area contributed by atoms with Crippen LogP contribution in [0.4, 0.5) is 10.5 Å². The van der Waals surface area contributed by atoms with Gasteiger partial charge in [0.2, 0.25) is 0 Å². The summed E-state index contributed by atoms with van der Waals surface area (Å²) in [6, 6.07) is 7.87. The van der Waals surface area contributed by atoms with Gasteiger partial charge in [-0.3, -0.25) is 5.32 Å². The summed E-state index contributed by atoms with van der Waals surface area (Å²) in [7, 11) is 0. The van der Waals surface area contributed by atoms with Crippen molar-refractivity contribution in [1.29, 1.82) is 0 Å². The fourth-order valence-corrected chi connectivity index (χ4v) is 1.62. The van der Waals surface area contributed by atoms with Crippen LogP contribution < -0.4 is 5.32 Å². The number of rotatable bonds is 5. The minimum absolute atomic E-state index is 0.403. The van der Waals surface area contributed by atoms with Crippen LogP contribution in [0, 0.1) is 0 Å². The Hall–Kier alpha value is -0.780. The maximum atomic E-state index is 11.7. The van der Waals surface area contributed by atoms with Crippen LogP contribution in [0.25, 0.3) is 0 Å². The number of carbonyl (C=O) groups is 1. The lowest BCUT2D eigenvalue weighted by molar-refractivity contribution is 0.0692. The van der Waals surface area contributed by atoms with E-state index < -0.39 is 11.7 Å². The lowest BCUT2D eigenvalue weighted by Gasteiger charge is -2.22. The molecule has 0 aromatic heterocycles. The number of benzene rings is 1. The zero-order valence-corrected chi connectivity index (χ0v) is 13.3. The van der Waals surface area contributed by atoms with Crippen LogP contribution in [0.5, 0.6) is 0 Å². The van der Waals surface area contributed by atoms with E-state index in [1.807, 2.05) is 38.1 Å². The van der Waals surface area contributed by atoms with Gasteiger partial charge in [-0.2, -0.15) is 0 Å². The molecule has 18 heavy (non-hydrogen) atoms. The van der Waals surface area contributed by atoms with Crippen molar-refractivity contribution in [3.63, 3.8) is 0 Å². The number of ether oxygens (including phenoxy) is 1. The second-order valence-corrected chi connectivity index (χ2v) is 5.62. The molecule has 0 saturated carbocycles. The highest BCUT2D eigenvalue weighted by atomic mass is 127. The highest BCUT2D eigenvalue weighted by Crippen LogP contribution is 2.16. The number of nitrogens with one attached hydrogen (secondary N) is 1. The molecule has 1 aromatic carbocycles. The fourth-order valence-electron chi connectivity index (χ4n) is 1.47. The van der Waals surface area contributed by atoms with E-state index in [0.717, 1.165) is 23.0 Å². The molecule has 3 nitrogen and oxygen atoms in total. The van der Waals surface area contributed by atoms with Gasteiger partial charge in [-0.1, -0.05) is 48.1 Å². The molecular weight excluding hydrogens is 341 g/mol. The summed E-state index contributed by atoms with van der Waals surface area (Å²) in [5.74, 6) is 0. The van der Waals surface area contributed by atoms with Gasteiger partial charge in [0.15, 0.2) is 0 Å². The first-order chi connectivity index (χ1) is 8.46. The Kier molecular flexibility index (Phi) is 5.91. The van der Waals surface area contributed by atoms with E-state index in [4.69, 9.17) is 4.74 Å². The van der Waals surface area contributed by atoms with E-state index in [0.29, 0.717) is 0 Å². The van der Waals surface area contributed by atoms with Crippen molar-refractivity contribution in [1.82, 2.24) is 0 Å². The monoisotopic (exact) mass is 361 g/mol. The maximum Gasteiger partial charge on any atom is 0.412 e. The number of carbonyl (C=O) groups excluding carboxylic acids is 1. The minimum Gasteiger partial charge on any atom is -0.442 e. The van der Waals surface area contributed by atoms with Gasteiger partial charge in [-0.05, 0) is 38.0 Å². The highest BCUT2D eigenvalue weighted by Gasteiger charge is 2.21. The number of alkyl halides is 1. The first-order valence-corrected chi connectivity index (χ1v) is 7.64. The largest absolute Gasteiger partial charge is 0.442 e. The summed E-state index contributed by atoms with van der Waals surface area (Å²) in [5, 5.41) is 2.74. The van der Waals surface area contributed by atoms with E-state index in [1.165, 1.54) is 5.56 Å². The van der Waals surface area contributed by atoms with Crippen molar-refractivity contribution < 1.29 is 9.53 Å². The molecule has 4 heteroatoms. The number of aryl methyl sites for hydroxylation is 1. The number of hydrogen-bond acceptors (Lipinski definition) is 2. The Balaban J connectivity index is 2.54. The summed E-state index contributed by atoms with van der Waals surface area (Å²) in [6.45, 7) is 5.93. The number of anilines is 1. The summed E-state index contributed by atoms with van der Waals surface area (Å²) in [5.41, 5.74) is 1.61. The van der Waals surface area contributed by atoms with Crippen molar-refractivity contribution in [2.75, 3.05) is 9.74 Å². The molecule has 0 saturated heterocycles. The zero-order chi connectivity index (χ0) is 13.6. The molecule has 0 aliphatic rings. The zero-order valence-electron chi connectivity index (χ0n) is 11.1. The SMILES string of the molecule is CCCc1ccc(NC(=O)OC(C)(C)CI)cc1. The van der Waals surface area contributed by atoms with Gasteiger partial charge in [0.1, 0.15) is 5.60 Å². The van der Waals surface area contributed by atoms with Gasteiger partial charge in [0, 0.05) is 10.1 Å². The number of hydrogen-bond donors (Lipinski definition) is 1. The van der Waals surface area contributed by atoms with Crippen molar-refractivity contribution in [3.05, 3.63) is 29.8 Å². The van der Waals surface area contributed by atoms with E-state index in [-0.39, 0.29) is 0 Å². The van der Waals surface area contributed by atoms with E-state index in [9.17, 15) is 4.79 Å². The van der Waals surface area contributed by atoms with Crippen LogP contribution in [-0.4, -0.2) is 16.1 Å². The van der Waals surface area contributed by atoms with Crippen molar-refractivity contribution in [2.45, 2.75) is 39.2 Å². The molecule has 0 heterocycles. The number of amides is 1. The summed E-state index contributed by atoms with van der Waals surface area (Å²) >= 11 is 2.20. The molecule has 0 bridgehead atoms. The molecule has 1 aromatic rings. The number of halogens is 1. The smallest absolute Gasteiger partial charge is 0.412 e. The maximum absolute atomic E-state index is 11.7. The summed E-state index contributed by atoms with van der Waals surface area (Å²) in [4.78, 5) is 11.7. The fraction of sp³-hybridized carbons (Fsp3) is 0.500. The van der Waals surface area contributed by atoms with Gasteiger partial charge in [0.05, 0.1) is 0 Å². The van der Waals surface area contributed by atoms with Gasteiger partial charge >= 0.3 is 6.09 Å². The molecule has 0 aliphatic heterocycles. The lowest BCUT2D eigenvalue weighted by atomic mass is 10.1. The molecule has 0 aliphatic carbocycles. The Bertz CT molecular complexity index is 387. The first-order valence-electron chi connectivity index (χ1n) is 6.12. The Morgan fingerprint density at radius 2 is 1.94 bits per heavy atom. The van der Waals surface area contributed by atoms with Gasteiger partial charge < -0.3 is 4.74 Å². The third kappa shape index (κ3) is 5.25. The van der Waals surface area contributed by atoms with Gasteiger partial charge in [0.25, 0.3) is 0 Å². The van der Waals surface area contributed by atoms with Crippen molar-refractivity contribution >= 4 is 34.4 Å². The molecule has 1 rings (SSSR count). The second kappa shape index (κ2) is 6.97. The quantitative estimate of drug-likeness (QED) is 0.624. The van der Waals surface area contributed by atoms with E-state index in [2.05, 4.69) is 34.8 Å². The Morgan fingerprint density at radius 1 is 1.33 bits per heavy atom. The van der Waals surface area contributed by atoms with Crippen LogP contribution >= 0.6 is 22.6 Å². The van der Waals surface area contributed by atoms with Crippen LogP contribution in [0.3, 0.4) is 0 Å². The summed E-state index contributed by atoms with van der Waals surface area (Å²) in [6.07, 6.45) is 1.78. The Labute approximate surface area is 122 Å². The first kappa shape index (κ1) is 15.3. The molecule has 1 amide bonds. The second-order valence-electron chi connectivity index (χ2n) is 4.85. The van der Waals surface area contributed by atoms with E-state index in [1.54, 1.807) is 0 Å². The highest BCUT2D eigenvalue weighted by molar-refractivity contribution is 14.1. The van der Waals surface area contributed by atoms with E-state index >= 15 is 0 Å². The molecule has 0 atom stereocenters. The van der Waals surface area contributed by atoms with Gasteiger partial charge in [-0.15, -0.1) is 0 Å². The van der Waals surface area contributed by atoms with Crippen LogP contribution in [0.15, 0.2) is 24.3 Å². The lowest BCUT2D eigenvalue weighted by Crippen LogP contribution is -2.32. The molecule has 0 radical (unpaired) electrons. The van der Waals surface area contributed by atoms with Crippen molar-refractivity contribution in [2.24, 2.45) is 0 Å². The molecule has 0 fully saturated rings. The van der Waals surface area contributed by atoms with Crippen LogP contribution in [0.2, 0.25) is 0 Å². The molecule has 1 N–H and O–H groups in total. The molecular formula is C14H20INO2. The van der Waals surface area contributed by atoms with Crippen LogP contribution in [0.1, 0.15) is 32.8 Å². The normalized spacial score (nSPS) is 11.1. The molecule has 0 unspecified atom stereocenters. The Morgan fingerprint density at radius 3 is 2.44 bits per heavy atom. The van der Waals surface area contributed by atoms with Crippen molar-refractivity contribution in [3.8, 4) is 0 Å². The predicted molar refractivity (Wildman–Crippen MR) is 83.5 cm³/mol. The standard InChI is InChI=1S/C14H20INO2/c1-4-5-11-6-8-12(9-7-11)16-13(17)18-14(2,3)10-15/h6-9H,4-5,10H2,1-3H3,(H,16,17).